The van der Waals surface area contributed by atoms with Crippen molar-refractivity contribution in [1.29, 1.82) is 5.26 Å². The van der Waals surface area contributed by atoms with Crippen LogP contribution >= 0.6 is 0 Å². The lowest BCUT2D eigenvalue weighted by Crippen LogP contribution is -2.32. The number of rotatable bonds is 1. The number of hydrogen-bond acceptors (Lipinski definition) is 5. The predicted molar refractivity (Wildman–Crippen MR) is 85.2 cm³/mol. The minimum atomic E-state index is -4.78. The zero-order chi connectivity index (χ0) is 19.9. The zero-order valence-corrected chi connectivity index (χ0v) is 14.3. The van der Waals surface area contributed by atoms with Crippen LogP contribution in [0, 0.1) is 11.3 Å². The third kappa shape index (κ3) is 2.08. The zero-order valence-electron chi connectivity index (χ0n) is 14.3. The second-order valence-electron chi connectivity index (χ2n) is 7.23. The molecule has 0 radical (unpaired) electrons. The SMILES string of the molecule is C[C@@]12O[C@@](C)(C[C@H]1O)c1c2c(O)n(-c2ccc(C#N)c(C(F)(F)F)c2)c1O. The molecule has 4 rings (SSSR count). The predicted octanol–water partition coefficient (Wildman–Crippen LogP) is 3.00. The number of nitrogens with zero attached hydrogens (tertiary/aromatic N) is 2. The van der Waals surface area contributed by atoms with Gasteiger partial charge in [0, 0.05) is 6.42 Å². The van der Waals surface area contributed by atoms with E-state index in [2.05, 4.69) is 0 Å². The summed E-state index contributed by atoms with van der Waals surface area (Å²) < 4.78 is 46.5. The normalized spacial score (nSPS) is 29.0. The highest BCUT2D eigenvalue weighted by Crippen LogP contribution is 2.64. The Balaban J connectivity index is 1.98. The number of fused-ring (bicyclic) bond motifs is 5. The number of ether oxygens (including phenoxy) is 1. The fourth-order valence-electron chi connectivity index (χ4n) is 4.28. The van der Waals surface area contributed by atoms with Crippen molar-refractivity contribution in [2.45, 2.75) is 43.8 Å². The summed E-state index contributed by atoms with van der Waals surface area (Å²) >= 11 is 0. The highest BCUT2D eigenvalue weighted by atomic mass is 19.4. The van der Waals surface area contributed by atoms with Crippen molar-refractivity contribution >= 4 is 0 Å². The van der Waals surface area contributed by atoms with Crippen molar-refractivity contribution in [3.8, 4) is 23.5 Å². The molecule has 2 bridgehead atoms. The lowest BCUT2D eigenvalue weighted by atomic mass is 9.78. The third-order valence-electron chi connectivity index (χ3n) is 5.49. The van der Waals surface area contributed by atoms with Gasteiger partial charge in [-0.15, -0.1) is 0 Å². The Morgan fingerprint density at radius 2 is 1.85 bits per heavy atom. The minimum absolute atomic E-state index is 0.152. The number of aliphatic hydroxyl groups excluding tert-OH is 1. The van der Waals surface area contributed by atoms with E-state index in [9.17, 15) is 28.5 Å². The molecule has 3 heterocycles. The van der Waals surface area contributed by atoms with Gasteiger partial charge in [0.1, 0.15) is 5.60 Å². The Bertz CT molecular complexity index is 1020. The fourth-order valence-corrected chi connectivity index (χ4v) is 4.28. The van der Waals surface area contributed by atoms with E-state index in [-0.39, 0.29) is 23.2 Å². The summed E-state index contributed by atoms with van der Waals surface area (Å²) in [4.78, 5) is 0. The number of halogens is 3. The maximum absolute atomic E-state index is 13.3. The van der Waals surface area contributed by atoms with Crippen LogP contribution in [0.25, 0.3) is 5.69 Å². The molecule has 1 saturated heterocycles. The highest BCUT2D eigenvalue weighted by molar-refractivity contribution is 5.62. The van der Waals surface area contributed by atoms with Crippen LogP contribution in [-0.4, -0.2) is 26.0 Å². The molecule has 1 aromatic heterocycles. The van der Waals surface area contributed by atoms with Gasteiger partial charge in [-0.25, -0.2) is 0 Å². The van der Waals surface area contributed by atoms with E-state index in [1.54, 1.807) is 13.8 Å². The van der Waals surface area contributed by atoms with Crippen molar-refractivity contribution in [2.24, 2.45) is 0 Å². The Hall–Kier alpha value is -2.70. The highest BCUT2D eigenvalue weighted by Gasteiger charge is 2.64. The topological polar surface area (TPSA) is 98.6 Å². The largest absolute Gasteiger partial charge is 0.494 e. The molecule has 2 aliphatic heterocycles. The molecule has 142 valence electrons. The Labute approximate surface area is 151 Å². The van der Waals surface area contributed by atoms with E-state index < -0.39 is 46.4 Å². The average Bonchev–Trinajstić information content (AvgIpc) is 3.07. The summed E-state index contributed by atoms with van der Waals surface area (Å²) in [6, 6.07) is 4.35. The van der Waals surface area contributed by atoms with Crippen LogP contribution in [0.3, 0.4) is 0 Å². The number of aromatic nitrogens is 1. The van der Waals surface area contributed by atoms with Crippen molar-refractivity contribution in [1.82, 2.24) is 4.57 Å². The first-order chi connectivity index (χ1) is 12.4. The average molecular weight is 380 g/mol. The molecule has 3 N–H and O–H groups in total. The number of benzene rings is 1. The molecule has 6 nitrogen and oxygen atoms in total. The third-order valence-corrected chi connectivity index (χ3v) is 5.49. The standard InChI is InChI=1S/C18H15F3N2O4/c1-16-6-11(24)17(2,27-16)13-12(16)14(25)23(15(13)26)9-4-3-8(7-22)10(5-9)18(19,20)21/h3-5,11,24-26H,6H2,1-2H3/t11-,16+,17-/m1/s1. The van der Waals surface area contributed by atoms with Gasteiger partial charge in [-0.3, -0.25) is 4.57 Å². The summed E-state index contributed by atoms with van der Waals surface area (Å²) in [5.74, 6) is -0.969. The van der Waals surface area contributed by atoms with Crippen LogP contribution in [0.5, 0.6) is 11.8 Å². The van der Waals surface area contributed by atoms with Gasteiger partial charge >= 0.3 is 6.18 Å². The maximum Gasteiger partial charge on any atom is 0.417 e. The van der Waals surface area contributed by atoms with Crippen molar-refractivity contribution in [2.75, 3.05) is 0 Å². The van der Waals surface area contributed by atoms with E-state index >= 15 is 0 Å². The maximum atomic E-state index is 13.3. The van der Waals surface area contributed by atoms with E-state index in [0.29, 0.717) is 6.07 Å². The molecular weight excluding hydrogens is 365 g/mol. The van der Waals surface area contributed by atoms with Crippen molar-refractivity contribution in [3.05, 3.63) is 40.5 Å². The molecule has 27 heavy (non-hydrogen) atoms. The van der Waals surface area contributed by atoms with Gasteiger partial charge in [0.25, 0.3) is 0 Å². The minimum Gasteiger partial charge on any atom is -0.494 e. The van der Waals surface area contributed by atoms with Gasteiger partial charge in [-0.05, 0) is 32.0 Å². The molecule has 0 unspecified atom stereocenters. The summed E-state index contributed by atoms with van der Waals surface area (Å²) in [6.45, 7) is 3.19. The Morgan fingerprint density at radius 1 is 1.22 bits per heavy atom. The van der Waals surface area contributed by atoms with Gasteiger partial charge in [-0.1, -0.05) is 0 Å². The first-order valence-corrected chi connectivity index (χ1v) is 8.11. The first kappa shape index (κ1) is 17.7. The number of alkyl halides is 3. The molecule has 1 fully saturated rings. The number of nitriles is 1. The molecule has 0 spiro atoms. The molecule has 9 heteroatoms. The van der Waals surface area contributed by atoms with Crippen LogP contribution in [0.4, 0.5) is 13.2 Å². The summed E-state index contributed by atoms with van der Waals surface area (Å²) in [5, 5.41) is 40.6. The molecule has 2 aromatic rings. The second-order valence-corrected chi connectivity index (χ2v) is 7.23. The van der Waals surface area contributed by atoms with Gasteiger partial charge in [0.05, 0.1) is 45.7 Å². The summed E-state index contributed by atoms with van der Waals surface area (Å²) in [6.07, 6.45) is -5.55. The van der Waals surface area contributed by atoms with Crippen LogP contribution in [0.2, 0.25) is 0 Å². The smallest absolute Gasteiger partial charge is 0.417 e. The van der Waals surface area contributed by atoms with Gasteiger partial charge in [0.2, 0.25) is 11.8 Å². The van der Waals surface area contributed by atoms with Crippen molar-refractivity contribution < 1.29 is 33.2 Å². The molecular formula is C18H15F3N2O4. The van der Waals surface area contributed by atoms with Crippen LogP contribution < -0.4 is 0 Å². The number of hydrogen-bond donors (Lipinski definition) is 3. The monoisotopic (exact) mass is 380 g/mol. The fraction of sp³-hybridized carbons (Fsp3) is 0.389. The molecule has 3 atom stereocenters. The Kier molecular flexibility index (Phi) is 3.26. The Morgan fingerprint density at radius 3 is 2.44 bits per heavy atom. The first-order valence-electron chi connectivity index (χ1n) is 8.11. The summed E-state index contributed by atoms with van der Waals surface area (Å²) in [7, 11) is 0. The lowest BCUT2D eigenvalue weighted by Gasteiger charge is -2.25. The molecule has 0 saturated carbocycles. The van der Waals surface area contributed by atoms with Crippen molar-refractivity contribution in [3.63, 3.8) is 0 Å². The molecule has 2 aliphatic rings. The van der Waals surface area contributed by atoms with Gasteiger partial charge in [-0.2, -0.15) is 18.4 Å². The van der Waals surface area contributed by atoms with E-state index in [1.807, 2.05) is 0 Å². The van der Waals surface area contributed by atoms with Crippen LogP contribution in [0.15, 0.2) is 18.2 Å². The van der Waals surface area contributed by atoms with Crippen LogP contribution in [0.1, 0.15) is 42.5 Å². The molecule has 0 aliphatic carbocycles. The number of aromatic hydroxyl groups is 2. The van der Waals surface area contributed by atoms with Gasteiger partial charge < -0.3 is 20.1 Å². The second kappa shape index (κ2) is 4.97. The van der Waals surface area contributed by atoms with E-state index in [0.717, 1.165) is 10.6 Å². The summed E-state index contributed by atoms with van der Waals surface area (Å²) in [5.41, 5.74) is -3.86. The lowest BCUT2D eigenvalue weighted by molar-refractivity contribution is -0.137. The quantitative estimate of drug-likeness (QED) is 0.706. The number of aliphatic hydroxyl groups is 1. The van der Waals surface area contributed by atoms with Gasteiger partial charge in [0.15, 0.2) is 0 Å². The van der Waals surface area contributed by atoms with E-state index in [4.69, 9.17) is 10.00 Å². The molecule has 0 amide bonds. The van der Waals surface area contributed by atoms with Crippen LogP contribution in [-0.2, 0) is 22.1 Å². The van der Waals surface area contributed by atoms with E-state index in [1.165, 1.54) is 12.1 Å². The molecule has 1 aromatic carbocycles.